The van der Waals surface area contributed by atoms with Crippen LogP contribution < -0.4 is 5.32 Å². The highest BCUT2D eigenvalue weighted by molar-refractivity contribution is 5.78. The number of nitrogens with one attached hydrogen (secondary N) is 1. The van der Waals surface area contributed by atoms with Crippen molar-refractivity contribution < 1.29 is 4.79 Å². The fourth-order valence-electron chi connectivity index (χ4n) is 1.98. The van der Waals surface area contributed by atoms with E-state index in [1.54, 1.807) is 0 Å². The van der Waals surface area contributed by atoms with Crippen LogP contribution in [0.5, 0.6) is 0 Å². The van der Waals surface area contributed by atoms with Gasteiger partial charge >= 0.3 is 0 Å². The van der Waals surface area contributed by atoms with Crippen molar-refractivity contribution in [2.45, 2.75) is 40.5 Å². The van der Waals surface area contributed by atoms with Crippen LogP contribution in [0.15, 0.2) is 0 Å². The lowest BCUT2D eigenvalue weighted by molar-refractivity contribution is -0.125. The van der Waals surface area contributed by atoms with Crippen LogP contribution in [0.2, 0.25) is 0 Å². The summed E-state index contributed by atoms with van der Waals surface area (Å²) < 4.78 is 0. The van der Waals surface area contributed by atoms with E-state index >= 15 is 0 Å². The second-order valence-electron chi connectivity index (χ2n) is 5.81. The Bertz CT molecular complexity index is 212. The molecule has 0 rings (SSSR count). The Labute approximate surface area is 101 Å². The molecular formula is C13H28N2O. The largest absolute Gasteiger partial charge is 0.355 e. The van der Waals surface area contributed by atoms with Crippen LogP contribution in [0.4, 0.5) is 0 Å². The number of carbonyl (C=O) groups excluding carboxylic acids is 1. The van der Waals surface area contributed by atoms with Crippen molar-refractivity contribution in [3.63, 3.8) is 0 Å². The molecule has 0 saturated carbocycles. The van der Waals surface area contributed by atoms with Gasteiger partial charge in [-0.05, 0) is 25.9 Å². The normalized spacial score (nSPS) is 13.9. The smallest absolute Gasteiger partial charge is 0.222 e. The van der Waals surface area contributed by atoms with Gasteiger partial charge in [0.05, 0.1) is 0 Å². The van der Waals surface area contributed by atoms with Crippen molar-refractivity contribution in [1.82, 2.24) is 10.2 Å². The fourth-order valence-corrected chi connectivity index (χ4v) is 1.98. The van der Waals surface area contributed by atoms with Crippen molar-refractivity contribution >= 4 is 5.91 Å². The third kappa shape index (κ3) is 6.83. The summed E-state index contributed by atoms with van der Waals surface area (Å²) in [7, 11) is 4.12. The molecule has 0 fully saturated rings. The standard InChI is InChI=1S/C13H28N2O/c1-7-8-11(2)12(16)14-9-13(3,4)10-15(5)6/h11H,7-10H2,1-6H3,(H,14,16). The van der Waals surface area contributed by atoms with E-state index in [1.165, 1.54) is 0 Å². The molecule has 0 saturated heterocycles. The minimum Gasteiger partial charge on any atom is -0.355 e. The lowest BCUT2D eigenvalue weighted by Gasteiger charge is -2.29. The Hall–Kier alpha value is -0.570. The molecule has 0 aromatic heterocycles. The van der Waals surface area contributed by atoms with Crippen LogP contribution in [0, 0.1) is 11.3 Å². The lowest BCUT2D eigenvalue weighted by atomic mass is 9.92. The van der Waals surface area contributed by atoms with Gasteiger partial charge in [-0.25, -0.2) is 0 Å². The molecule has 0 aliphatic rings. The Balaban J connectivity index is 3.99. The van der Waals surface area contributed by atoms with Gasteiger partial charge in [-0.15, -0.1) is 0 Å². The summed E-state index contributed by atoms with van der Waals surface area (Å²) in [6.07, 6.45) is 2.04. The van der Waals surface area contributed by atoms with E-state index in [-0.39, 0.29) is 17.2 Å². The van der Waals surface area contributed by atoms with Crippen LogP contribution >= 0.6 is 0 Å². The van der Waals surface area contributed by atoms with Gasteiger partial charge in [0.25, 0.3) is 0 Å². The molecule has 0 radical (unpaired) electrons. The number of carbonyl (C=O) groups is 1. The van der Waals surface area contributed by atoms with Gasteiger partial charge in [0, 0.05) is 19.0 Å². The minimum absolute atomic E-state index is 0.130. The minimum atomic E-state index is 0.130. The van der Waals surface area contributed by atoms with Gasteiger partial charge in [-0.2, -0.15) is 0 Å². The monoisotopic (exact) mass is 228 g/mol. The van der Waals surface area contributed by atoms with Gasteiger partial charge < -0.3 is 10.2 Å². The Kier molecular flexibility index (Phi) is 6.65. The molecule has 0 aromatic rings. The molecule has 1 amide bonds. The first-order valence-electron chi connectivity index (χ1n) is 6.21. The third-order valence-electron chi connectivity index (χ3n) is 2.65. The van der Waals surface area contributed by atoms with E-state index in [0.29, 0.717) is 0 Å². The van der Waals surface area contributed by atoms with E-state index < -0.39 is 0 Å². The van der Waals surface area contributed by atoms with E-state index in [9.17, 15) is 4.79 Å². The molecule has 1 unspecified atom stereocenters. The molecule has 3 nitrogen and oxygen atoms in total. The predicted molar refractivity (Wildman–Crippen MR) is 69.4 cm³/mol. The molecule has 96 valence electrons. The van der Waals surface area contributed by atoms with E-state index in [0.717, 1.165) is 25.9 Å². The van der Waals surface area contributed by atoms with E-state index in [4.69, 9.17) is 0 Å². The van der Waals surface area contributed by atoms with Crippen LogP contribution in [0.25, 0.3) is 0 Å². The first kappa shape index (κ1) is 15.4. The zero-order valence-electron chi connectivity index (χ0n) is 11.8. The Morgan fingerprint density at radius 3 is 2.38 bits per heavy atom. The fraction of sp³-hybridized carbons (Fsp3) is 0.923. The quantitative estimate of drug-likeness (QED) is 0.724. The maximum atomic E-state index is 11.7. The van der Waals surface area contributed by atoms with Crippen molar-refractivity contribution in [3.8, 4) is 0 Å². The highest BCUT2D eigenvalue weighted by Crippen LogP contribution is 2.14. The number of nitrogens with zero attached hydrogens (tertiary/aromatic N) is 1. The van der Waals surface area contributed by atoms with Gasteiger partial charge in [-0.3, -0.25) is 4.79 Å². The molecular weight excluding hydrogens is 200 g/mol. The first-order valence-corrected chi connectivity index (χ1v) is 6.21. The highest BCUT2D eigenvalue weighted by atomic mass is 16.1. The molecule has 1 N–H and O–H groups in total. The molecule has 0 heterocycles. The van der Waals surface area contributed by atoms with Crippen molar-refractivity contribution in [2.75, 3.05) is 27.2 Å². The van der Waals surface area contributed by atoms with E-state index in [2.05, 4.69) is 45.1 Å². The van der Waals surface area contributed by atoms with E-state index in [1.807, 2.05) is 6.92 Å². The Morgan fingerprint density at radius 2 is 1.94 bits per heavy atom. The summed E-state index contributed by atoms with van der Waals surface area (Å²) in [5.41, 5.74) is 0.130. The first-order chi connectivity index (χ1) is 7.28. The molecule has 0 bridgehead atoms. The van der Waals surface area contributed by atoms with Crippen LogP contribution in [0.1, 0.15) is 40.5 Å². The van der Waals surface area contributed by atoms with Crippen molar-refractivity contribution in [1.29, 1.82) is 0 Å². The summed E-state index contributed by atoms with van der Waals surface area (Å²) in [4.78, 5) is 13.9. The number of amides is 1. The number of rotatable bonds is 7. The summed E-state index contributed by atoms with van der Waals surface area (Å²) in [5.74, 6) is 0.328. The van der Waals surface area contributed by atoms with Crippen LogP contribution in [0.3, 0.4) is 0 Å². The zero-order valence-corrected chi connectivity index (χ0v) is 11.8. The maximum absolute atomic E-state index is 11.7. The summed E-state index contributed by atoms with van der Waals surface area (Å²) in [6.45, 7) is 10.2. The highest BCUT2D eigenvalue weighted by Gasteiger charge is 2.21. The number of hydrogen-bond donors (Lipinski definition) is 1. The predicted octanol–water partition coefficient (Wildman–Crippen LogP) is 2.13. The van der Waals surface area contributed by atoms with Crippen LogP contribution in [-0.4, -0.2) is 38.0 Å². The van der Waals surface area contributed by atoms with Gasteiger partial charge in [0.1, 0.15) is 0 Å². The van der Waals surface area contributed by atoms with Crippen molar-refractivity contribution in [3.05, 3.63) is 0 Å². The second kappa shape index (κ2) is 6.89. The molecule has 16 heavy (non-hydrogen) atoms. The summed E-state index contributed by atoms with van der Waals surface area (Å²) >= 11 is 0. The lowest BCUT2D eigenvalue weighted by Crippen LogP contribution is -2.41. The van der Waals surface area contributed by atoms with Gasteiger partial charge in [-0.1, -0.05) is 34.1 Å². The van der Waals surface area contributed by atoms with Gasteiger partial charge in [0.2, 0.25) is 5.91 Å². The number of hydrogen-bond acceptors (Lipinski definition) is 2. The molecule has 0 aliphatic heterocycles. The average molecular weight is 228 g/mol. The third-order valence-corrected chi connectivity index (χ3v) is 2.65. The topological polar surface area (TPSA) is 32.3 Å². The molecule has 0 aliphatic carbocycles. The van der Waals surface area contributed by atoms with Crippen LogP contribution in [-0.2, 0) is 4.79 Å². The molecule has 3 heteroatoms. The molecule has 0 spiro atoms. The maximum Gasteiger partial charge on any atom is 0.222 e. The zero-order chi connectivity index (χ0) is 12.8. The average Bonchev–Trinajstić information content (AvgIpc) is 2.12. The second-order valence-corrected chi connectivity index (χ2v) is 5.81. The van der Waals surface area contributed by atoms with Gasteiger partial charge in [0.15, 0.2) is 0 Å². The summed E-state index contributed by atoms with van der Waals surface area (Å²) in [5, 5.41) is 3.05. The molecule has 1 atom stereocenters. The summed E-state index contributed by atoms with van der Waals surface area (Å²) in [6, 6.07) is 0. The Morgan fingerprint density at radius 1 is 1.38 bits per heavy atom. The molecule has 0 aromatic carbocycles. The van der Waals surface area contributed by atoms with Crippen molar-refractivity contribution in [2.24, 2.45) is 11.3 Å². The SMILES string of the molecule is CCCC(C)C(=O)NCC(C)(C)CN(C)C.